The van der Waals surface area contributed by atoms with Crippen LogP contribution in [0.1, 0.15) is 5.69 Å². The van der Waals surface area contributed by atoms with Gasteiger partial charge in [0.1, 0.15) is 0 Å². The fourth-order valence-corrected chi connectivity index (χ4v) is 1.76. The summed E-state index contributed by atoms with van der Waals surface area (Å²) in [6.45, 7) is 2.06. The summed E-state index contributed by atoms with van der Waals surface area (Å²) in [4.78, 5) is 4.14. The van der Waals surface area contributed by atoms with Crippen LogP contribution in [0.4, 0.5) is 0 Å². The molecule has 3 heteroatoms. The molecule has 0 saturated heterocycles. The summed E-state index contributed by atoms with van der Waals surface area (Å²) >= 11 is 3.37. The molecule has 2 nitrogen and oxygen atoms in total. The zero-order valence-electron chi connectivity index (χ0n) is 6.08. The molecule has 0 amide bonds. The van der Waals surface area contributed by atoms with E-state index in [4.69, 9.17) is 0 Å². The first-order chi connectivity index (χ1) is 5.29. The Morgan fingerprint density at radius 3 is 3.00 bits per heavy atom. The molecule has 0 N–H and O–H groups in total. The summed E-state index contributed by atoms with van der Waals surface area (Å²) in [7, 11) is 0. The number of imidazole rings is 1. The third kappa shape index (κ3) is 0.959. The Morgan fingerprint density at radius 2 is 2.27 bits per heavy atom. The molecule has 0 aliphatic carbocycles. The van der Waals surface area contributed by atoms with Gasteiger partial charge in [0.25, 0.3) is 0 Å². The highest BCUT2D eigenvalue weighted by Crippen LogP contribution is 2.14. The van der Waals surface area contributed by atoms with Gasteiger partial charge in [0, 0.05) is 5.69 Å². The van der Waals surface area contributed by atoms with E-state index in [9.17, 15) is 0 Å². The van der Waals surface area contributed by atoms with Crippen molar-refractivity contribution in [3.05, 3.63) is 34.8 Å². The van der Waals surface area contributed by atoms with E-state index in [1.54, 1.807) is 0 Å². The van der Waals surface area contributed by atoms with Gasteiger partial charge in [0.2, 0.25) is 0 Å². The van der Waals surface area contributed by atoms with Crippen LogP contribution in [-0.4, -0.2) is 9.38 Å². The lowest BCUT2D eigenvalue weighted by Gasteiger charge is -1.98. The SMILES string of the molecule is Cc1cccc2cnc(Br)n12. The normalized spacial score (nSPS) is 10.7. The summed E-state index contributed by atoms with van der Waals surface area (Å²) in [5, 5.41) is 0. The molecule has 0 aliphatic heterocycles. The molecule has 2 aromatic heterocycles. The highest BCUT2D eigenvalue weighted by Gasteiger charge is 1.99. The Balaban J connectivity index is 2.96. The summed E-state index contributed by atoms with van der Waals surface area (Å²) in [6, 6.07) is 6.11. The topological polar surface area (TPSA) is 17.3 Å². The number of rotatable bonds is 0. The van der Waals surface area contributed by atoms with E-state index in [0.29, 0.717) is 0 Å². The molecule has 0 atom stereocenters. The van der Waals surface area contributed by atoms with Crippen LogP contribution >= 0.6 is 15.9 Å². The second kappa shape index (κ2) is 2.34. The lowest BCUT2D eigenvalue weighted by atomic mass is 10.3. The maximum absolute atomic E-state index is 4.14. The average molecular weight is 211 g/mol. The molecule has 0 spiro atoms. The van der Waals surface area contributed by atoms with Crippen LogP contribution in [0.5, 0.6) is 0 Å². The number of aromatic nitrogens is 2. The van der Waals surface area contributed by atoms with E-state index < -0.39 is 0 Å². The number of nitrogens with zero attached hydrogens (tertiary/aromatic N) is 2. The average Bonchev–Trinajstić information content (AvgIpc) is 2.34. The zero-order chi connectivity index (χ0) is 7.84. The van der Waals surface area contributed by atoms with Crippen LogP contribution in [0.2, 0.25) is 0 Å². The molecule has 0 bridgehead atoms. The lowest BCUT2D eigenvalue weighted by molar-refractivity contribution is 1.03. The van der Waals surface area contributed by atoms with Crippen LogP contribution in [-0.2, 0) is 0 Å². The predicted molar refractivity (Wildman–Crippen MR) is 47.6 cm³/mol. The van der Waals surface area contributed by atoms with E-state index in [0.717, 1.165) is 10.3 Å². The van der Waals surface area contributed by atoms with Crippen molar-refractivity contribution in [1.82, 2.24) is 9.38 Å². The number of pyridine rings is 1. The first-order valence-corrected chi connectivity index (χ1v) is 4.17. The summed E-state index contributed by atoms with van der Waals surface area (Å²) in [5.74, 6) is 0. The van der Waals surface area contributed by atoms with E-state index >= 15 is 0 Å². The number of aryl methyl sites for hydroxylation is 1. The molecule has 0 aliphatic rings. The van der Waals surface area contributed by atoms with E-state index in [2.05, 4.69) is 38.3 Å². The van der Waals surface area contributed by atoms with Crippen molar-refractivity contribution < 1.29 is 0 Å². The van der Waals surface area contributed by atoms with E-state index in [1.807, 2.05) is 18.3 Å². The smallest absolute Gasteiger partial charge is 0.181 e. The summed E-state index contributed by atoms with van der Waals surface area (Å²) in [5.41, 5.74) is 2.31. The van der Waals surface area contributed by atoms with Gasteiger partial charge in [0.05, 0.1) is 11.7 Å². The van der Waals surface area contributed by atoms with E-state index in [1.165, 1.54) is 5.69 Å². The molecule has 2 heterocycles. The van der Waals surface area contributed by atoms with Gasteiger partial charge in [-0.05, 0) is 35.0 Å². The largest absolute Gasteiger partial charge is 0.292 e. The van der Waals surface area contributed by atoms with Gasteiger partial charge in [0.15, 0.2) is 4.73 Å². The number of fused-ring (bicyclic) bond motifs is 1. The second-order valence-electron chi connectivity index (χ2n) is 2.45. The second-order valence-corrected chi connectivity index (χ2v) is 3.16. The minimum absolute atomic E-state index is 0.866. The van der Waals surface area contributed by atoms with Crippen molar-refractivity contribution >= 4 is 21.4 Å². The quantitative estimate of drug-likeness (QED) is 0.653. The summed E-state index contributed by atoms with van der Waals surface area (Å²) in [6.07, 6.45) is 1.84. The predicted octanol–water partition coefficient (Wildman–Crippen LogP) is 2.41. The summed E-state index contributed by atoms with van der Waals surface area (Å²) < 4.78 is 2.92. The molecule has 2 rings (SSSR count). The molecule has 11 heavy (non-hydrogen) atoms. The lowest BCUT2D eigenvalue weighted by Crippen LogP contribution is -1.88. The molecule has 56 valence electrons. The Kier molecular flexibility index (Phi) is 1.46. The molecular formula is C8H7BrN2. The van der Waals surface area contributed by atoms with Crippen LogP contribution < -0.4 is 0 Å². The minimum Gasteiger partial charge on any atom is -0.292 e. The van der Waals surface area contributed by atoms with Crippen LogP contribution in [0.15, 0.2) is 29.1 Å². The van der Waals surface area contributed by atoms with Gasteiger partial charge in [-0.2, -0.15) is 0 Å². The van der Waals surface area contributed by atoms with Crippen molar-refractivity contribution in [2.45, 2.75) is 6.92 Å². The first kappa shape index (κ1) is 6.85. The Bertz CT molecular complexity index is 392. The van der Waals surface area contributed by atoms with Crippen LogP contribution in [0.3, 0.4) is 0 Å². The molecule has 0 radical (unpaired) electrons. The Morgan fingerprint density at radius 1 is 1.45 bits per heavy atom. The molecule has 0 saturated carbocycles. The monoisotopic (exact) mass is 210 g/mol. The Labute approximate surface area is 73.0 Å². The van der Waals surface area contributed by atoms with Crippen LogP contribution in [0.25, 0.3) is 5.52 Å². The number of hydrogen-bond acceptors (Lipinski definition) is 1. The number of hydrogen-bond donors (Lipinski definition) is 0. The van der Waals surface area contributed by atoms with Gasteiger partial charge < -0.3 is 0 Å². The van der Waals surface area contributed by atoms with Gasteiger partial charge in [-0.3, -0.25) is 4.40 Å². The van der Waals surface area contributed by atoms with Crippen LogP contribution in [0, 0.1) is 6.92 Å². The molecule has 2 aromatic rings. The molecule has 0 aromatic carbocycles. The third-order valence-electron chi connectivity index (χ3n) is 1.70. The zero-order valence-corrected chi connectivity index (χ0v) is 7.67. The Hall–Kier alpha value is -0.830. The fraction of sp³-hybridized carbons (Fsp3) is 0.125. The van der Waals surface area contributed by atoms with Gasteiger partial charge in [-0.25, -0.2) is 4.98 Å². The standard InChI is InChI=1S/C8H7BrN2/c1-6-3-2-4-7-5-10-8(9)11(6)7/h2-5H,1H3. The van der Waals surface area contributed by atoms with Gasteiger partial charge in [-0.15, -0.1) is 0 Å². The fourth-order valence-electron chi connectivity index (χ4n) is 1.17. The maximum Gasteiger partial charge on any atom is 0.181 e. The van der Waals surface area contributed by atoms with Gasteiger partial charge >= 0.3 is 0 Å². The van der Waals surface area contributed by atoms with Crippen molar-refractivity contribution in [2.24, 2.45) is 0 Å². The highest BCUT2D eigenvalue weighted by molar-refractivity contribution is 9.10. The maximum atomic E-state index is 4.14. The molecule has 0 unspecified atom stereocenters. The van der Waals surface area contributed by atoms with Crippen molar-refractivity contribution in [1.29, 1.82) is 0 Å². The van der Waals surface area contributed by atoms with Crippen molar-refractivity contribution in [2.75, 3.05) is 0 Å². The van der Waals surface area contributed by atoms with Gasteiger partial charge in [-0.1, -0.05) is 6.07 Å². The van der Waals surface area contributed by atoms with Crippen molar-refractivity contribution in [3.63, 3.8) is 0 Å². The first-order valence-electron chi connectivity index (χ1n) is 3.37. The van der Waals surface area contributed by atoms with E-state index in [-0.39, 0.29) is 0 Å². The highest BCUT2D eigenvalue weighted by atomic mass is 79.9. The minimum atomic E-state index is 0.866. The van der Waals surface area contributed by atoms with Crippen molar-refractivity contribution in [3.8, 4) is 0 Å². The molecular weight excluding hydrogens is 204 g/mol. The number of halogens is 1. The third-order valence-corrected chi connectivity index (χ3v) is 2.26. The molecule has 0 fully saturated rings.